The van der Waals surface area contributed by atoms with Crippen molar-refractivity contribution in [3.8, 4) is 23.0 Å². The Morgan fingerprint density at radius 3 is 2.21 bits per heavy atom. The van der Waals surface area contributed by atoms with Crippen LogP contribution in [0, 0.1) is 0 Å². The number of thioether (sulfide) groups is 1. The van der Waals surface area contributed by atoms with Crippen LogP contribution in [0.4, 0.5) is 16.2 Å². The first-order valence-electron chi connectivity index (χ1n) is 10.0. The molecule has 3 aromatic carbocycles. The molecule has 8 nitrogen and oxygen atoms in total. The van der Waals surface area contributed by atoms with Gasteiger partial charge in [0, 0.05) is 40.0 Å². The average Bonchev–Trinajstić information content (AvgIpc) is 3.33. The van der Waals surface area contributed by atoms with Crippen molar-refractivity contribution in [1.29, 1.82) is 0 Å². The molecule has 1 heterocycles. The van der Waals surface area contributed by atoms with E-state index in [1.165, 1.54) is 0 Å². The quantitative estimate of drug-likeness (QED) is 0.325. The number of hydrogen-bond acceptors (Lipinski definition) is 7. The molecule has 0 unspecified atom stereocenters. The van der Waals surface area contributed by atoms with E-state index in [1.807, 2.05) is 54.6 Å². The highest BCUT2D eigenvalue weighted by Crippen LogP contribution is 2.27. The van der Waals surface area contributed by atoms with E-state index >= 15 is 0 Å². The first-order chi connectivity index (χ1) is 16.1. The highest BCUT2D eigenvalue weighted by Gasteiger charge is 2.09. The molecule has 0 radical (unpaired) electrons. The summed E-state index contributed by atoms with van der Waals surface area (Å²) in [5.74, 6) is 2.77. The maximum Gasteiger partial charge on any atom is 0.323 e. The second kappa shape index (κ2) is 10.6. The van der Waals surface area contributed by atoms with E-state index in [-0.39, 0.29) is 6.03 Å². The van der Waals surface area contributed by atoms with Gasteiger partial charge in [0.25, 0.3) is 0 Å². The van der Waals surface area contributed by atoms with Gasteiger partial charge in [-0.2, -0.15) is 0 Å². The molecule has 33 heavy (non-hydrogen) atoms. The topological polar surface area (TPSA) is 98.5 Å². The van der Waals surface area contributed by atoms with E-state index in [4.69, 9.17) is 13.9 Å². The summed E-state index contributed by atoms with van der Waals surface area (Å²) in [7, 11) is 3.11. The lowest BCUT2D eigenvalue weighted by Crippen LogP contribution is -2.19. The minimum absolute atomic E-state index is 0.370. The molecule has 2 N–H and O–H groups in total. The Balaban J connectivity index is 1.30. The fourth-order valence-corrected chi connectivity index (χ4v) is 3.70. The lowest BCUT2D eigenvalue weighted by molar-refractivity contribution is 0.262. The molecule has 9 heteroatoms. The number of ether oxygens (including phenoxy) is 2. The van der Waals surface area contributed by atoms with Gasteiger partial charge in [0.05, 0.1) is 20.0 Å². The Morgan fingerprint density at radius 2 is 1.55 bits per heavy atom. The van der Waals surface area contributed by atoms with E-state index in [2.05, 4.69) is 20.8 Å². The van der Waals surface area contributed by atoms with Gasteiger partial charge in [0.15, 0.2) is 0 Å². The molecule has 0 saturated carbocycles. The van der Waals surface area contributed by atoms with Gasteiger partial charge in [0.1, 0.15) is 11.5 Å². The molecule has 0 bridgehead atoms. The van der Waals surface area contributed by atoms with Crippen LogP contribution in [0.15, 0.2) is 82.1 Å². The van der Waals surface area contributed by atoms with Crippen LogP contribution in [0.5, 0.6) is 11.5 Å². The van der Waals surface area contributed by atoms with E-state index in [0.29, 0.717) is 40.4 Å². The van der Waals surface area contributed by atoms with Crippen LogP contribution >= 0.6 is 11.8 Å². The van der Waals surface area contributed by atoms with Gasteiger partial charge in [-0.05, 0) is 36.4 Å². The summed E-state index contributed by atoms with van der Waals surface area (Å²) in [5.41, 5.74) is 2.11. The minimum Gasteiger partial charge on any atom is -0.497 e. The third kappa shape index (κ3) is 6.05. The number of methoxy groups -OCH3 is 2. The van der Waals surface area contributed by atoms with Gasteiger partial charge in [-0.3, -0.25) is 0 Å². The second-order valence-corrected chi connectivity index (χ2v) is 7.91. The molecule has 2 amide bonds. The van der Waals surface area contributed by atoms with Crippen molar-refractivity contribution in [2.45, 2.75) is 10.6 Å². The molecule has 0 saturated heterocycles. The van der Waals surface area contributed by atoms with Gasteiger partial charge in [-0.25, -0.2) is 4.79 Å². The third-order valence-electron chi connectivity index (χ3n) is 4.57. The molecule has 4 rings (SSSR count). The van der Waals surface area contributed by atoms with Crippen LogP contribution < -0.4 is 20.1 Å². The van der Waals surface area contributed by atoms with Crippen molar-refractivity contribution in [2.75, 3.05) is 24.9 Å². The molecule has 168 valence electrons. The monoisotopic (exact) mass is 462 g/mol. The normalized spacial score (nSPS) is 10.5. The molecule has 0 spiro atoms. The lowest BCUT2D eigenvalue weighted by Gasteiger charge is -2.11. The molecular weight excluding hydrogens is 440 g/mol. The van der Waals surface area contributed by atoms with Crippen molar-refractivity contribution in [2.24, 2.45) is 0 Å². The number of amides is 2. The van der Waals surface area contributed by atoms with Crippen LogP contribution in [0.3, 0.4) is 0 Å². The molecule has 0 aliphatic rings. The summed E-state index contributed by atoms with van der Waals surface area (Å²) in [6, 6.07) is 21.9. The van der Waals surface area contributed by atoms with Crippen LogP contribution in [-0.4, -0.2) is 30.4 Å². The number of benzene rings is 3. The summed E-state index contributed by atoms with van der Waals surface area (Å²) >= 11 is 1.57. The van der Waals surface area contributed by atoms with Gasteiger partial charge in [0.2, 0.25) is 11.8 Å². The van der Waals surface area contributed by atoms with Crippen molar-refractivity contribution in [3.63, 3.8) is 0 Å². The number of anilines is 2. The zero-order chi connectivity index (χ0) is 23.0. The Bertz CT molecular complexity index is 1190. The number of aromatic nitrogens is 2. The van der Waals surface area contributed by atoms with Crippen LogP contribution in [-0.2, 0) is 5.75 Å². The van der Waals surface area contributed by atoms with Gasteiger partial charge >= 0.3 is 6.03 Å². The molecule has 0 fully saturated rings. The number of rotatable bonds is 8. The fraction of sp³-hybridized carbons (Fsp3) is 0.125. The standard InChI is InChI=1S/C24H22N4O4S/c1-30-19-12-18(13-20(14-19)31-2)26-24(29)25-17-8-10-21(11-9-17)33-15-22-27-28-23(32-22)16-6-4-3-5-7-16/h3-14H,15H2,1-2H3,(H2,25,26,29). The Kier molecular flexibility index (Phi) is 7.11. The van der Waals surface area contributed by atoms with Crippen LogP contribution in [0.25, 0.3) is 11.5 Å². The van der Waals surface area contributed by atoms with Crippen molar-refractivity contribution in [1.82, 2.24) is 10.2 Å². The maximum absolute atomic E-state index is 12.4. The SMILES string of the molecule is COc1cc(NC(=O)Nc2ccc(SCc3nnc(-c4ccccc4)o3)cc2)cc(OC)c1. The molecule has 1 aromatic heterocycles. The number of carbonyl (C=O) groups is 1. The summed E-state index contributed by atoms with van der Waals surface area (Å²) < 4.78 is 16.2. The molecular formula is C24H22N4O4S. The lowest BCUT2D eigenvalue weighted by atomic mass is 10.2. The van der Waals surface area contributed by atoms with E-state index in [1.54, 1.807) is 44.2 Å². The Morgan fingerprint density at radius 1 is 0.879 bits per heavy atom. The van der Waals surface area contributed by atoms with Gasteiger partial charge in [-0.15, -0.1) is 22.0 Å². The number of urea groups is 1. The third-order valence-corrected chi connectivity index (χ3v) is 5.57. The summed E-state index contributed by atoms with van der Waals surface area (Å²) in [6.45, 7) is 0. The first kappa shape index (κ1) is 22.2. The average molecular weight is 463 g/mol. The molecule has 0 aliphatic carbocycles. The first-order valence-corrected chi connectivity index (χ1v) is 11.0. The maximum atomic E-state index is 12.4. The number of carbonyl (C=O) groups excluding carboxylic acids is 1. The molecule has 0 aliphatic heterocycles. The highest BCUT2D eigenvalue weighted by molar-refractivity contribution is 7.98. The van der Waals surface area contributed by atoms with Gasteiger partial charge < -0.3 is 24.5 Å². The number of nitrogens with one attached hydrogen (secondary N) is 2. The predicted molar refractivity (Wildman–Crippen MR) is 128 cm³/mol. The fourth-order valence-electron chi connectivity index (χ4n) is 2.96. The van der Waals surface area contributed by atoms with Crippen molar-refractivity contribution >= 4 is 29.2 Å². The van der Waals surface area contributed by atoms with E-state index < -0.39 is 0 Å². The summed E-state index contributed by atoms with van der Waals surface area (Å²) in [4.78, 5) is 13.4. The van der Waals surface area contributed by atoms with Gasteiger partial charge in [-0.1, -0.05) is 18.2 Å². The zero-order valence-electron chi connectivity index (χ0n) is 18.1. The Labute approximate surface area is 195 Å². The smallest absolute Gasteiger partial charge is 0.323 e. The molecule has 4 aromatic rings. The predicted octanol–water partition coefficient (Wildman–Crippen LogP) is 5.69. The number of nitrogens with zero attached hydrogens (tertiary/aromatic N) is 2. The van der Waals surface area contributed by atoms with Crippen molar-refractivity contribution < 1.29 is 18.7 Å². The zero-order valence-corrected chi connectivity index (χ0v) is 18.9. The summed E-state index contributed by atoms with van der Waals surface area (Å²) in [5, 5.41) is 13.8. The Hall–Kier alpha value is -3.98. The minimum atomic E-state index is -0.370. The van der Waals surface area contributed by atoms with Crippen LogP contribution in [0.2, 0.25) is 0 Å². The van der Waals surface area contributed by atoms with E-state index in [9.17, 15) is 4.79 Å². The largest absolute Gasteiger partial charge is 0.497 e. The van der Waals surface area contributed by atoms with Crippen LogP contribution in [0.1, 0.15) is 5.89 Å². The summed E-state index contributed by atoms with van der Waals surface area (Å²) in [6.07, 6.45) is 0. The second-order valence-electron chi connectivity index (χ2n) is 6.86. The van der Waals surface area contributed by atoms with Crippen molar-refractivity contribution in [3.05, 3.63) is 78.7 Å². The highest BCUT2D eigenvalue weighted by atomic mass is 32.2. The van der Waals surface area contributed by atoms with E-state index in [0.717, 1.165) is 10.5 Å². The molecule has 0 atom stereocenters. The number of hydrogen-bond donors (Lipinski definition) is 2.